The molecule has 0 aliphatic heterocycles. The lowest BCUT2D eigenvalue weighted by atomic mass is 10.2. The van der Waals surface area contributed by atoms with Crippen LogP contribution in [0.15, 0.2) is 24.4 Å². The first-order chi connectivity index (χ1) is 6.74. The number of esters is 1. The van der Waals surface area contributed by atoms with Gasteiger partial charge in [0.1, 0.15) is 0 Å². The van der Waals surface area contributed by atoms with Gasteiger partial charge < -0.3 is 10.5 Å². The van der Waals surface area contributed by atoms with Crippen molar-refractivity contribution < 1.29 is 9.53 Å². The van der Waals surface area contributed by atoms with Gasteiger partial charge in [-0.2, -0.15) is 0 Å². The molecule has 0 unspecified atom stereocenters. The van der Waals surface area contributed by atoms with Gasteiger partial charge >= 0.3 is 5.97 Å². The van der Waals surface area contributed by atoms with Crippen LogP contribution in [0.2, 0.25) is 0 Å². The molecule has 1 rings (SSSR count). The highest BCUT2D eigenvalue weighted by Gasteiger charge is 1.96. The Morgan fingerprint density at radius 3 is 3.14 bits per heavy atom. The zero-order valence-electron chi connectivity index (χ0n) is 7.93. The SMILES string of the molecule is COC(=O)CC=Cc1ncccc1N. The van der Waals surface area contributed by atoms with Gasteiger partial charge in [-0.3, -0.25) is 9.78 Å². The van der Waals surface area contributed by atoms with E-state index in [1.807, 2.05) is 0 Å². The summed E-state index contributed by atoms with van der Waals surface area (Å²) in [5.74, 6) is -0.282. The molecule has 14 heavy (non-hydrogen) atoms. The Balaban J connectivity index is 2.60. The number of pyridine rings is 1. The number of hydrogen-bond acceptors (Lipinski definition) is 4. The van der Waals surface area contributed by atoms with Gasteiger partial charge in [-0.05, 0) is 18.2 Å². The minimum atomic E-state index is -0.282. The number of anilines is 1. The van der Waals surface area contributed by atoms with E-state index >= 15 is 0 Å². The van der Waals surface area contributed by atoms with Crippen molar-refractivity contribution in [3.05, 3.63) is 30.1 Å². The number of hydrogen-bond donors (Lipinski definition) is 1. The van der Waals surface area contributed by atoms with Gasteiger partial charge in [0.25, 0.3) is 0 Å². The van der Waals surface area contributed by atoms with E-state index in [9.17, 15) is 4.79 Å². The minimum Gasteiger partial charge on any atom is -0.469 e. The zero-order valence-corrected chi connectivity index (χ0v) is 7.93. The second-order valence-electron chi connectivity index (χ2n) is 2.66. The van der Waals surface area contributed by atoms with Crippen molar-refractivity contribution in [2.45, 2.75) is 6.42 Å². The third-order valence-corrected chi connectivity index (χ3v) is 1.66. The Hall–Kier alpha value is -1.84. The van der Waals surface area contributed by atoms with Gasteiger partial charge in [0.15, 0.2) is 0 Å². The fourth-order valence-corrected chi connectivity index (χ4v) is 0.919. The van der Waals surface area contributed by atoms with Crippen molar-refractivity contribution >= 4 is 17.7 Å². The molecule has 0 bridgehead atoms. The van der Waals surface area contributed by atoms with E-state index in [0.717, 1.165) is 0 Å². The average Bonchev–Trinajstić information content (AvgIpc) is 2.20. The lowest BCUT2D eigenvalue weighted by molar-refractivity contribution is -0.139. The van der Waals surface area contributed by atoms with Crippen LogP contribution in [0, 0.1) is 0 Å². The molecule has 0 radical (unpaired) electrons. The molecule has 0 fully saturated rings. The molecule has 1 aromatic heterocycles. The molecular formula is C10H12N2O2. The number of ether oxygens (including phenoxy) is 1. The molecule has 2 N–H and O–H groups in total. The van der Waals surface area contributed by atoms with Crippen LogP contribution in [0.25, 0.3) is 6.08 Å². The summed E-state index contributed by atoms with van der Waals surface area (Å²) in [5.41, 5.74) is 6.89. The molecule has 4 nitrogen and oxygen atoms in total. The van der Waals surface area contributed by atoms with Gasteiger partial charge in [0, 0.05) is 6.20 Å². The molecule has 4 heteroatoms. The first-order valence-electron chi connectivity index (χ1n) is 4.18. The summed E-state index contributed by atoms with van der Waals surface area (Å²) in [6, 6.07) is 3.51. The molecule has 0 aliphatic carbocycles. The highest BCUT2D eigenvalue weighted by Crippen LogP contribution is 2.08. The van der Waals surface area contributed by atoms with Crippen LogP contribution < -0.4 is 5.73 Å². The molecule has 1 aromatic rings. The Bertz CT molecular complexity index is 348. The molecule has 1 heterocycles. The molecule has 0 saturated heterocycles. The largest absolute Gasteiger partial charge is 0.469 e. The van der Waals surface area contributed by atoms with E-state index in [2.05, 4.69) is 9.72 Å². The summed E-state index contributed by atoms with van der Waals surface area (Å²) in [5, 5.41) is 0. The van der Waals surface area contributed by atoms with E-state index in [1.54, 1.807) is 30.5 Å². The molecular weight excluding hydrogens is 180 g/mol. The van der Waals surface area contributed by atoms with E-state index < -0.39 is 0 Å². The Kier molecular flexibility index (Phi) is 3.67. The zero-order chi connectivity index (χ0) is 10.4. The van der Waals surface area contributed by atoms with Gasteiger partial charge in [-0.25, -0.2) is 0 Å². The van der Waals surface area contributed by atoms with Crippen LogP contribution in [0.1, 0.15) is 12.1 Å². The molecule has 0 amide bonds. The number of nitrogens with two attached hydrogens (primary N) is 1. The minimum absolute atomic E-state index is 0.229. The smallest absolute Gasteiger partial charge is 0.309 e. The summed E-state index contributed by atoms with van der Waals surface area (Å²) in [6.45, 7) is 0. The van der Waals surface area contributed by atoms with Crippen LogP contribution in [0.3, 0.4) is 0 Å². The summed E-state index contributed by atoms with van der Waals surface area (Å²) < 4.78 is 4.48. The number of aromatic nitrogens is 1. The Morgan fingerprint density at radius 2 is 2.50 bits per heavy atom. The molecule has 0 aliphatic rings. The quantitative estimate of drug-likeness (QED) is 0.732. The van der Waals surface area contributed by atoms with Crippen molar-refractivity contribution in [2.24, 2.45) is 0 Å². The fraction of sp³-hybridized carbons (Fsp3) is 0.200. The summed E-state index contributed by atoms with van der Waals surface area (Å²) in [6.07, 6.45) is 5.25. The van der Waals surface area contributed by atoms with E-state index in [1.165, 1.54) is 7.11 Å². The number of carbonyl (C=O) groups is 1. The molecule has 0 aromatic carbocycles. The average molecular weight is 192 g/mol. The van der Waals surface area contributed by atoms with Crippen molar-refractivity contribution in [3.8, 4) is 0 Å². The van der Waals surface area contributed by atoms with Crippen LogP contribution >= 0.6 is 0 Å². The molecule has 74 valence electrons. The highest BCUT2D eigenvalue weighted by atomic mass is 16.5. The molecule has 0 spiro atoms. The lowest BCUT2D eigenvalue weighted by Crippen LogP contribution is -1.97. The number of nitrogen functional groups attached to an aromatic ring is 1. The Labute approximate surface area is 82.4 Å². The van der Waals surface area contributed by atoms with Crippen molar-refractivity contribution in [1.82, 2.24) is 4.98 Å². The second-order valence-corrected chi connectivity index (χ2v) is 2.66. The highest BCUT2D eigenvalue weighted by molar-refractivity contribution is 5.73. The first-order valence-corrected chi connectivity index (χ1v) is 4.18. The van der Waals surface area contributed by atoms with Gasteiger partial charge in [-0.1, -0.05) is 6.08 Å². The predicted molar refractivity (Wildman–Crippen MR) is 54.3 cm³/mol. The maximum atomic E-state index is 10.8. The third kappa shape index (κ3) is 2.90. The van der Waals surface area contributed by atoms with Crippen LogP contribution in [-0.4, -0.2) is 18.1 Å². The van der Waals surface area contributed by atoms with E-state index in [-0.39, 0.29) is 12.4 Å². The fourth-order valence-electron chi connectivity index (χ4n) is 0.919. The summed E-state index contributed by atoms with van der Waals surface area (Å²) in [7, 11) is 1.35. The van der Waals surface area contributed by atoms with Crippen LogP contribution in [0.4, 0.5) is 5.69 Å². The maximum absolute atomic E-state index is 10.8. The standard InChI is InChI=1S/C10H12N2O2/c1-14-10(13)6-2-5-9-8(11)4-3-7-12-9/h2-5,7H,6,11H2,1H3. The van der Waals surface area contributed by atoms with Gasteiger partial charge in [-0.15, -0.1) is 0 Å². The van der Waals surface area contributed by atoms with E-state index in [4.69, 9.17) is 5.73 Å². The summed E-state index contributed by atoms with van der Waals surface area (Å²) in [4.78, 5) is 14.8. The van der Waals surface area contributed by atoms with Gasteiger partial charge in [0.2, 0.25) is 0 Å². The third-order valence-electron chi connectivity index (χ3n) is 1.66. The Morgan fingerprint density at radius 1 is 1.71 bits per heavy atom. The number of rotatable bonds is 3. The van der Waals surface area contributed by atoms with Crippen molar-refractivity contribution in [3.63, 3.8) is 0 Å². The number of carbonyl (C=O) groups excluding carboxylic acids is 1. The number of nitrogens with zero attached hydrogens (tertiary/aromatic N) is 1. The predicted octanol–water partition coefficient (Wildman–Crippen LogP) is 1.24. The van der Waals surface area contributed by atoms with Crippen LogP contribution in [-0.2, 0) is 9.53 Å². The topological polar surface area (TPSA) is 65.2 Å². The normalized spacial score (nSPS) is 10.4. The van der Waals surface area contributed by atoms with E-state index in [0.29, 0.717) is 11.4 Å². The van der Waals surface area contributed by atoms with Gasteiger partial charge in [0.05, 0.1) is 24.9 Å². The molecule has 0 atom stereocenters. The summed E-state index contributed by atoms with van der Waals surface area (Å²) >= 11 is 0. The monoisotopic (exact) mass is 192 g/mol. The molecule has 0 saturated carbocycles. The van der Waals surface area contributed by atoms with Crippen molar-refractivity contribution in [1.29, 1.82) is 0 Å². The number of methoxy groups -OCH3 is 1. The lowest BCUT2D eigenvalue weighted by Gasteiger charge is -1.97. The van der Waals surface area contributed by atoms with Crippen LogP contribution in [0.5, 0.6) is 0 Å². The second kappa shape index (κ2) is 5.01. The van der Waals surface area contributed by atoms with Crippen molar-refractivity contribution in [2.75, 3.05) is 12.8 Å². The first kappa shape index (κ1) is 10.2. The maximum Gasteiger partial charge on any atom is 0.309 e.